The fourth-order valence-corrected chi connectivity index (χ4v) is 18.6. The van der Waals surface area contributed by atoms with Gasteiger partial charge >= 0.3 is 25.1 Å². The first-order chi connectivity index (χ1) is 64.1. The highest BCUT2D eigenvalue weighted by Gasteiger charge is 2.42. The highest BCUT2D eigenvalue weighted by molar-refractivity contribution is 7.91. The Balaban J connectivity index is 0.000000218. The first kappa shape index (κ1) is 111. The molecule has 0 spiro atoms. The van der Waals surface area contributed by atoms with Crippen LogP contribution in [0.15, 0.2) is 178 Å². The van der Waals surface area contributed by atoms with E-state index >= 15 is 0 Å². The number of methoxy groups -OCH3 is 3. The van der Waals surface area contributed by atoms with Gasteiger partial charge in [-0.1, -0.05) is 113 Å². The lowest BCUT2D eigenvalue weighted by Gasteiger charge is -2.36. The van der Waals surface area contributed by atoms with Crippen LogP contribution in [0.3, 0.4) is 0 Å². The molecular weight excluding hydrogens is 1980 g/mol. The predicted octanol–water partition coefficient (Wildman–Crippen LogP) is 21.0. The molecule has 0 radical (unpaired) electrons. The van der Waals surface area contributed by atoms with Gasteiger partial charge in [0.25, 0.3) is 11.8 Å². The summed E-state index contributed by atoms with van der Waals surface area (Å²) in [6.07, 6.45) is -7.68. The molecule has 27 nitrogen and oxygen atoms in total. The molecule has 2 heterocycles. The molecule has 752 valence electrons. The minimum atomic E-state index is -4.92. The second-order valence-electron chi connectivity index (χ2n) is 35.1. The lowest BCUT2D eigenvalue weighted by molar-refractivity contribution is -0.275. The predicted molar refractivity (Wildman–Crippen MR) is 513 cm³/mol. The number of rotatable bonds is 34. The van der Waals surface area contributed by atoms with Crippen LogP contribution in [0.1, 0.15) is 105 Å². The van der Waals surface area contributed by atoms with Crippen LogP contribution in [-0.4, -0.2) is 182 Å². The summed E-state index contributed by atoms with van der Waals surface area (Å²) in [4.78, 5) is 43.5. The minimum absolute atomic E-state index is 0.00107. The van der Waals surface area contributed by atoms with Gasteiger partial charge in [0.05, 0.1) is 67.2 Å². The van der Waals surface area contributed by atoms with E-state index in [1.54, 1.807) is 42.5 Å². The molecule has 44 heteroatoms. The van der Waals surface area contributed by atoms with Crippen molar-refractivity contribution in [3.63, 3.8) is 0 Å². The number of anilines is 5. The number of aliphatic hydroxyl groups excluding tert-OH is 1. The molecule has 0 saturated heterocycles. The molecule has 0 saturated carbocycles. The second kappa shape index (κ2) is 45.8. The summed E-state index contributed by atoms with van der Waals surface area (Å²) in [6.45, 7) is 22.2. The molecule has 12 rings (SSSR count). The Bertz CT molecular complexity index is 6220. The molecule has 2 aliphatic heterocycles. The largest absolute Gasteiger partial charge is 0.573 e. The van der Waals surface area contributed by atoms with Gasteiger partial charge in [-0.25, -0.2) is 30.0 Å². The van der Waals surface area contributed by atoms with Crippen molar-refractivity contribution in [3.05, 3.63) is 218 Å². The number of hydrogen-bond donors (Lipinski definition) is 5. The molecule has 3 aliphatic rings. The van der Waals surface area contributed by atoms with Crippen molar-refractivity contribution < 1.29 is 141 Å². The van der Waals surface area contributed by atoms with Crippen molar-refractivity contribution in [2.75, 3.05) is 119 Å². The monoisotopic (exact) mass is 2090 g/mol. The number of halogens is 12. The maximum Gasteiger partial charge on any atom is 0.573 e. The second-order valence-corrected chi connectivity index (χ2v) is 52.1. The first-order valence-corrected chi connectivity index (χ1v) is 55.3. The van der Waals surface area contributed by atoms with Gasteiger partial charge in [-0.3, -0.25) is 9.59 Å². The molecule has 3 atom stereocenters. The normalized spacial score (nSPS) is 14.0. The average Bonchev–Trinajstić information content (AvgIpc) is 1.61. The van der Waals surface area contributed by atoms with Crippen molar-refractivity contribution in [1.29, 1.82) is 0 Å². The molecule has 0 aromatic heterocycles. The van der Waals surface area contributed by atoms with Crippen LogP contribution in [0.2, 0.25) is 51.3 Å². The molecular formula is C94H109Cl3F9N5O22S3Si2. The van der Waals surface area contributed by atoms with E-state index in [1.165, 1.54) is 146 Å². The average molecular weight is 2090 g/mol. The van der Waals surface area contributed by atoms with Crippen LogP contribution in [0.4, 0.5) is 68.0 Å². The number of nitrogens with zero attached hydrogens (tertiary/aromatic N) is 2. The molecule has 2 amide bonds. The van der Waals surface area contributed by atoms with Gasteiger partial charge in [-0.2, -0.15) is 0 Å². The van der Waals surface area contributed by atoms with Crippen LogP contribution >= 0.6 is 34.8 Å². The zero-order valence-electron chi connectivity index (χ0n) is 78.2. The summed E-state index contributed by atoms with van der Waals surface area (Å²) in [5, 5.41) is 29.4. The summed E-state index contributed by atoms with van der Waals surface area (Å²) in [5.74, 6) is -1.92. The number of aryl methyl sites for hydroxylation is 2. The Hall–Kier alpha value is -10.6. The summed E-state index contributed by atoms with van der Waals surface area (Å²) < 4.78 is 245. The number of alkyl halides is 9. The third-order valence-corrected chi connectivity index (χ3v) is 36.0. The first-order valence-electron chi connectivity index (χ1n) is 42.7. The van der Waals surface area contributed by atoms with E-state index in [4.69, 9.17) is 72.1 Å². The van der Waals surface area contributed by atoms with Crippen molar-refractivity contribution >= 4 is 127 Å². The van der Waals surface area contributed by atoms with E-state index in [9.17, 15) is 89.4 Å². The number of fused-ring (bicyclic) bond motifs is 3. The molecule has 1 aliphatic carbocycles. The summed E-state index contributed by atoms with van der Waals surface area (Å²) in [7, 11) is -10.8. The highest BCUT2D eigenvalue weighted by atomic mass is 35.5. The van der Waals surface area contributed by atoms with E-state index in [1.807, 2.05) is 0 Å². The van der Waals surface area contributed by atoms with Crippen molar-refractivity contribution in [1.82, 2.24) is 0 Å². The van der Waals surface area contributed by atoms with Gasteiger partial charge in [0.15, 0.2) is 52.2 Å². The van der Waals surface area contributed by atoms with Gasteiger partial charge in [0.1, 0.15) is 83.6 Å². The van der Waals surface area contributed by atoms with E-state index in [-0.39, 0.29) is 144 Å². The zero-order valence-corrected chi connectivity index (χ0v) is 84.9. The van der Waals surface area contributed by atoms with E-state index in [0.717, 1.165) is 55.2 Å². The van der Waals surface area contributed by atoms with Crippen LogP contribution in [0.25, 0.3) is 0 Å². The van der Waals surface area contributed by atoms with E-state index in [0.29, 0.717) is 57.5 Å². The van der Waals surface area contributed by atoms with Gasteiger partial charge in [-0.05, 0) is 188 Å². The Morgan fingerprint density at radius 3 is 1.02 bits per heavy atom. The minimum Gasteiger partial charge on any atom is -0.497 e. The van der Waals surface area contributed by atoms with E-state index < -0.39 is 113 Å². The van der Waals surface area contributed by atoms with Crippen LogP contribution in [0.5, 0.6) is 51.7 Å². The quantitative estimate of drug-likeness (QED) is 0.0142. The smallest absolute Gasteiger partial charge is 0.497 e. The number of carboxylic acids is 1. The summed E-state index contributed by atoms with van der Waals surface area (Å²) in [6, 6.07) is 35.1. The molecule has 138 heavy (non-hydrogen) atoms. The number of sulfone groups is 3. The molecule has 0 bridgehead atoms. The number of benzene rings is 9. The fourth-order valence-electron chi connectivity index (χ4n) is 14.0. The highest BCUT2D eigenvalue weighted by Crippen LogP contribution is 2.45. The number of carbonyl (C=O) groups excluding carboxylic acids is 2. The van der Waals surface area contributed by atoms with Gasteiger partial charge in [0.2, 0.25) is 0 Å². The third kappa shape index (κ3) is 31.4. The third-order valence-electron chi connectivity index (χ3n) is 22.9. The number of nitrogens with one attached hydrogen (secondary N) is 3. The lowest BCUT2D eigenvalue weighted by Crippen LogP contribution is -2.41. The maximum atomic E-state index is 14.5. The van der Waals surface area contributed by atoms with Gasteiger partial charge < -0.3 is 87.4 Å². The topological polar surface area (TPSA) is 338 Å². The van der Waals surface area contributed by atoms with Gasteiger partial charge in [-0.15, -0.1) is 39.5 Å². The molecule has 3 unspecified atom stereocenters. The number of carboxylic acid groups (broad SMARTS) is 1. The SMILES string of the molecule is COc1cc(NC(C(=O)N2CCc3ccc(OC(F)(F)F)cc32)c2ccc(Cl)cc2OCCO)cc(S(C)(=O)=O)c1.COc1cc(NC(C(=O)N2CCc3ccc(OC(F)(F)F)cc32)c2ccc(Cl)cc2OCCO[Si](C)(C)C(C)(C)C)cc(S(C)(=O)=O)c1.COc1cc(NC(C(=O)O)c2ccc(Cl)cc2OCCO[Si](C)(C)C(C)(C)C)cc(S(C)(=O)=O)c1.FC(F)(F)Oc1ccc2c(c1)CCC2. The standard InChI is InChI=1S/C33H40ClF3N2O7SSi.C27H26ClF3N2O7S.C24H34ClNO7SSi.C10H9F3O/c1-32(2,3)48(6,7)45-15-14-44-29-16-22(34)9-11-27(29)30(38-23-17-25(43-4)19-26(18-23)47(5,41)42)31(40)39-13-12-21-8-10-24(20-28(21)39)46-33(35,36)37;1-38-20-12-18(13-21(14-20)41(2,36)37)32-25(22-6-4-17(28)11-24(22)39-10-9-34)26(35)33-8-7-16-3-5-19(15-23(16)33)40-27(29,30)31;1-24(2,3)35(6,7)33-11-10-32-21-12-16(25)8-9-20(21)22(23(27)28)26-17-13-18(31-4)15-19(14-17)34(5,29)30;11-10(12,13)14-9-5-4-7-2-1-3-8(7)6-9/h8-11,16-20,30,38H,12-15H2,1-7H3;3-6,11-15,25,32,34H,7-10H2,1-2H3;8-9,12-15,22,26H,10-11H2,1-7H3,(H,27,28);4-6H,1-3H2. The number of aliphatic carboxylic acids is 1. The van der Waals surface area contributed by atoms with Crippen molar-refractivity contribution in [3.8, 4) is 51.7 Å². The zero-order chi connectivity index (χ0) is 102. The molecule has 9 aromatic rings. The molecule has 9 aromatic carbocycles. The molecule has 0 fully saturated rings. The number of aliphatic hydroxyl groups is 1. The molecule has 5 N–H and O–H groups in total. The summed E-state index contributed by atoms with van der Waals surface area (Å²) >= 11 is 18.7. The fraction of sp³-hybridized carbons (Fsp3) is 0.394. The number of carbonyl (C=O) groups is 3. The van der Waals surface area contributed by atoms with E-state index in [2.05, 4.69) is 97.9 Å². The summed E-state index contributed by atoms with van der Waals surface area (Å²) in [5.41, 5.74) is 5.59. The van der Waals surface area contributed by atoms with Crippen LogP contribution in [-0.2, 0) is 78.4 Å². The number of hydrogen-bond acceptors (Lipinski definition) is 24. The Labute approximate surface area is 812 Å². The van der Waals surface area contributed by atoms with Crippen LogP contribution in [0, 0.1) is 0 Å². The van der Waals surface area contributed by atoms with Crippen molar-refractivity contribution in [2.45, 2.75) is 162 Å². The number of amides is 2. The Morgan fingerprint density at radius 1 is 0.399 bits per heavy atom. The van der Waals surface area contributed by atoms with Crippen LogP contribution < -0.4 is 68.4 Å². The Morgan fingerprint density at radius 2 is 0.710 bits per heavy atom. The van der Waals surface area contributed by atoms with Crippen molar-refractivity contribution in [2.24, 2.45) is 0 Å². The Kier molecular flexibility index (Phi) is 36.8. The maximum absolute atomic E-state index is 14.5. The van der Waals surface area contributed by atoms with Gasteiger partial charge in [0, 0.05) is 111 Å². The number of ether oxygens (including phenoxy) is 9. The lowest BCUT2D eigenvalue weighted by atomic mass is 10.0.